The summed E-state index contributed by atoms with van der Waals surface area (Å²) < 4.78 is 9.66. The summed E-state index contributed by atoms with van der Waals surface area (Å²) in [7, 11) is 0. The predicted molar refractivity (Wildman–Crippen MR) is 40.8 cm³/mol. The molecular weight excluding hydrogens is 160 g/mol. The van der Waals surface area contributed by atoms with Crippen molar-refractivity contribution >= 4 is 12.4 Å². The minimum Gasteiger partial charge on any atom is -0.430 e. The van der Waals surface area contributed by atoms with Gasteiger partial charge >= 0.3 is 6.16 Å². The third kappa shape index (κ3) is 1.75. The second kappa shape index (κ2) is 3.56. The molecule has 0 spiro atoms. The molecule has 1 saturated heterocycles. The Bertz CT molecular complexity index is 189. The molecule has 0 aromatic heterocycles. The van der Waals surface area contributed by atoms with E-state index >= 15 is 0 Å². The lowest BCUT2D eigenvalue weighted by atomic mass is 9.96. The van der Waals surface area contributed by atoms with Crippen LogP contribution in [0.1, 0.15) is 26.2 Å². The molecule has 68 valence electrons. The van der Waals surface area contributed by atoms with Gasteiger partial charge in [0, 0.05) is 6.42 Å². The average molecular weight is 172 g/mol. The molecule has 4 nitrogen and oxygen atoms in total. The lowest BCUT2D eigenvalue weighted by Crippen LogP contribution is -2.30. The monoisotopic (exact) mass is 172 g/mol. The Labute approximate surface area is 70.8 Å². The van der Waals surface area contributed by atoms with Crippen LogP contribution >= 0.6 is 0 Å². The van der Waals surface area contributed by atoms with Crippen molar-refractivity contribution in [2.24, 2.45) is 0 Å². The van der Waals surface area contributed by atoms with E-state index in [0.29, 0.717) is 19.3 Å². The third-order valence-corrected chi connectivity index (χ3v) is 2.12. The Morgan fingerprint density at radius 1 is 1.67 bits per heavy atom. The Morgan fingerprint density at radius 2 is 2.42 bits per heavy atom. The summed E-state index contributed by atoms with van der Waals surface area (Å²) in [6, 6.07) is 0. The topological polar surface area (TPSA) is 52.6 Å². The van der Waals surface area contributed by atoms with E-state index in [4.69, 9.17) is 4.74 Å². The van der Waals surface area contributed by atoms with Gasteiger partial charge in [0.25, 0.3) is 0 Å². The lowest BCUT2D eigenvalue weighted by molar-refractivity contribution is -0.108. The van der Waals surface area contributed by atoms with E-state index in [-0.39, 0.29) is 6.61 Å². The van der Waals surface area contributed by atoms with E-state index in [1.54, 1.807) is 0 Å². The maximum absolute atomic E-state index is 10.6. The van der Waals surface area contributed by atoms with Gasteiger partial charge in [-0.25, -0.2) is 4.79 Å². The molecule has 0 unspecified atom stereocenters. The maximum atomic E-state index is 10.6. The van der Waals surface area contributed by atoms with Crippen LogP contribution in [0.15, 0.2) is 0 Å². The molecule has 0 aliphatic carbocycles. The molecule has 0 radical (unpaired) electrons. The highest BCUT2D eigenvalue weighted by Gasteiger charge is 2.40. The summed E-state index contributed by atoms with van der Waals surface area (Å²) in [5.41, 5.74) is -0.544. The molecule has 1 aliphatic heterocycles. The summed E-state index contributed by atoms with van der Waals surface area (Å²) in [5, 5.41) is 0. The van der Waals surface area contributed by atoms with Crippen LogP contribution in [-0.4, -0.2) is 24.6 Å². The van der Waals surface area contributed by atoms with Gasteiger partial charge in [-0.3, -0.25) is 0 Å². The Balaban J connectivity index is 2.51. The van der Waals surface area contributed by atoms with Gasteiger partial charge in [0.05, 0.1) is 0 Å². The molecule has 0 aromatic carbocycles. The van der Waals surface area contributed by atoms with Crippen LogP contribution in [0.2, 0.25) is 0 Å². The van der Waals surface area contributed by atoms with Gasteiger partial charge < -0.3 is 14.3 Å². The van der Waals surface area contributed by atoms with Crippen molar-refractivity contribution in [3.8, 4) is 0 Å². The highest BCUT2D eigenvalue weighted by molar-refractivity contribution is 5.63. The standard InChI is InChI=1S/C8H12O4/c1-2-8(4-3-5-9)6-11-7(10)12-8/h5H,2-4,6H2,1H3/t8-/m0/s1. The molecule has 0 N–H and O–H groups in total. The second-order valence-electron chi connectivity index (χ2n) is 2.88. The highest BCUT2D eigenvalue weighted by Crippen LogP contribution is 2.28. The minimum atomic E-state index is -0.622. The van der Waals surface area contributed by atoms with E-state index in [1.807, 2.05) is 6.92 Å². The molecule has 0 aromatic rings. The fourth-order valence-electron chi connectivity index (χ4n) is 1.22. The zero-order chi connectivity index (χ0) is 9.03. The third-order valence-electron chi connectivity index (χ3n) is 2.12. The Morgan fingerprint density at radius 3 is 2.83 bits per heavy atom. The van der Waals surface area contributed by atoms with E-state index in [2.05, 4.69) is 4.74 Å². The molecule has 0 amide bonds. The highest BCUT2D eigenvalue weighted by atomic mass is 16.8. The molecule has 1 rings (SSSR count). The van der Waals surface area contributed by atoms with Crippen molar-refractivity contribution in [2.45, 2.75) is 31.8 Å². The van der Waals surface area contributed by atoms with Gasteiger partial charge in [-0.05, 0) is 12.8 Å². The summed E-state index contributed by atoms with van der Waals surface area (Å²) in [4.78, 5) is 20.8. The minimum absolute atomic E-state index is 0.274. The number of cyclic esters (lactones) is 2. The number of carbonyl (C=O) groups excluding carboxylic acids is 2. The molecule has 4 heteroatoms. The first-order valence-electron chi connectivity index (χ1n) is 4.02. The summed E-state index contributed by atoms with van der Waals surface area (Å²) in [5.74, 6) is 0. The maximum Gasteiger partial charge on any atom is 0.509 e. The molecule has 1 aliphatic rings. The Kier molecular flexibility index (Phi) is 2.68. The zero-order valence-electron chi connectivity index (χ0n) is 7.04. The lowest BCUT2D eigenvalue weighted by Gasteiger charge is -2.21. The van der Waals surface area contributed by atoms with E-state index in [9.17, 15) is 9.59 Å². The number of hydrogen-bond donors (Lipinski definition) is 0. The molecule has 0 saturated carbocycles. The quantitative estimate of drug-likeness (QED) is 0.473. The first-order chi connectivity index (χ1) is 5.72. The van der Waals surface area contributed by atoms with Crippen LogP contribution in [0.5, 0.6) is 0 Å². The van der Waals surface area contributed by atoms with Crippen LogP contribution in [0.4, 0.5) is 4.79 Å². The number of carbonyl (C=O) groups is 2. The van der Waals surface area contributed by atoms with E-state index < -0.39 is 11.8 Å². The Hall–Kier alpha value is -1.06. The first-order valence-corrected chi connectivity index (χ1v) is 4.02. The number of rotatable bonds is 4. The van der Waals surface area contributed by atoms with Crippen LogP contribution in [0.3, 0.4) is 0 Å². The van der Waals surface area contributed by atoms with Crippen molar-refractivity contribution in [1.82, 2.24) is 0 Å². The average Bonchev–Trinajstić information content (AvgIpc) is 2.45. The van der Waals surface area contributed by atoms with Crippen LogP contribution in [0, 0.1) is 0 Å². The summed E-state index contributed by atoms with van der Waals surface area (Å²) in [6.45, 7) is 2.18. The van der Waals surface area contributed by atoms with Crippen molar-refractivity contribution in [1.29, 1.82) is 0 Å². The van der Waals surface area contributed by atoms with Gasteiger partial charge in [0.15, 0.2) is 0 Å². The summed E-state index contributed by atoms with van der Waals surface area (Å²) in [6.07, 6.45) is 1.85. The molecule has 1 atom stereocenters. The molecule has 0 bridgehead atoms. The van der Waals surface area contributed by atoms with Gasteiger partial charge in [-0.1, -0.05) is 6.92 Å². The fourth-order valence-corrected chi connectivity index (χ4v) is 1.22. The predicted octanol–water partition coefficient (Wildman–Crippen LogP) is 1.28. The number of ether oxygens (including phenoxy) is 2. The number of aldehydes is 1. The van der Waals surface area contributed by atoms with Crippen LogP contribution < -0.4 is 0 Å². The molecular formula is C8H12O4. The van der Waals surface area contributed by atoms with Crippen LogP contribution in [0.25, 0.3) is 0 Å². The van der Waals surface area contributed by atoms with Gasteiger partial charge in [-0.15, -0.1) is 0 Å². The van der Waals surface area contributed by atoms with Crippen molar-refractivity contribution < 1.29 is 19.1 Å². The molecule has 12 heavy (non-hydrogen) atoms. The van der Waals surface area contributed by atoms with Gasteiger partial charge in [0.1, 0.15) is 18.5 Å². The smallest absolute Gasteiger partial charge is 0.430 e. The van der Waals surface area contributed by atoms with Crippen molar-refractivity contribution in [3.05, 3.63) is 0 Å². The molecule has 1 heterocycles. The van der Waals surface area contributed by atoms with Crippen molar-refractivity contribution in [2.75, 3.05) is 6.61 Å². The normalized spacial score (nSPS) is 27.9. The van der Waals surface area contributed by atoms with Crippen molar-refractivity contribution in [3.63, 3.8) is 0 Å². The van der Waals surface area contributed by atoms with Gasteiger partial charge in [0.2, 0.25) is 0 Å². The SMILES string of the molecule is CC[C@]1(CCC=O)COC(=O)O1. The van der Waals surface area contributed by atoms with E-state index in [0.717, 1.165) is 6.29 Å². The largest absolute Gasteiger partial charge is 0.509 e. The number of hydrogen-bond acceptors (Lipinski definition) is 4. The fraction of sp³-hybridized carbons (Fsp3) is 0.750. The molecule has 1 fully saturated rings. The zero-order valence-corrected chi connectivity index (χ0v) is 7.04. The van der Waals surface area contributed by atoms with Crippen LogP contribution in [-0.2, 0) is 14.3 Å². The van der Waals surface area contributed by atoms with E-state index in [1.165, 1.54) is 0 Å². The first kappa shape index (κ1) is 9.03. The summed E-state index contributed by atoms with van der Waals surface area (Å²) >= 11 is 0. The second-order valence-corrected chi connectivity index (χ2v) is 2.88. The van der Waals surface area contributed by atoms with Gasteiger partial charge in [-0.2, -0.15) is 0 Å².